The number of hydrogen-bond donors (Lipinski definition) is 1. The number of rotatable bonds is 4. The molecule has 0 aliphatic heterocycles. The van der Waals surface area contributed by atoms with Gasteiger partial charge in [0.1, 0.15) is 0 Å². The maximum atomic E-state index is 13.4. The van der Waals surface area contributed by atoms with Crippen LogP contribution < -0.4 is 0 Å². The second-order valence-electron chi connectivity index (χ2n) is 11.3. The summed E-state index contributed by atoms with van der Waals surface area (Å²) >= 11 is 0. The molecule has 0 aromatic carbocycles. The summed E-state index contributed by atoms with van der Waals surface area (Å²) in [4.78, 5) is 49.2. The van der Waals surface area contributed by atoms with E-state index in [0.717, 1.165) is 18.4 Å². The third-order valence-electron chi connectivity index (χ3n) is 9.51. The molecule has 7 heteroatoms. The number of aliphatic hydroxyl groups excluding tert-OH is 1. The van der Waals surface area contributed by atoms with Gasteiger partial charge in [-0.15, -0.1) is 0 Å². The van der Waals surface area contributed by atoms with Crippen molar-refractivity contribution in [2.24, 2.45) is 34.5 Å². The summed E-state index contributed by atoms with van der Waals surface area (Å²) in [5.41, 5.74) is -1.30. The van der Waals surface area contributed by atoms with Crippen molar-refractivity contribution in [3.8, 4) is 0 Å². The van der Waals surface area contributed by atoms with E-state index in [0.29, 0.717) is 25.7 Å². The lowest BCUT2D eigenvalue weighted by atomic mass is 9.44. The van der Waals surface area contributed by atoms with Crippen molar-refractivity contribution in [3.63, 3.8) is 0 Å². The van der Waals surface area contributed by atoms with Crippen LogP contribution in [0.25, 0.3) is 0 Å². The average molecular weight is 461 g/mol. The Morgan fingerprint density at radius 3 is 2.48 bits per heavy atom. The molecule has 8 atom stereocenters. The van der Waals surface area contributed by atoms with Crippen molar-refractivity contribution in [2.75, 3.05) is 6.61 Å². The predicted octanol–water partition coefficient (Wildman–Crippen LogP) is 3.17. The van der Waals surface area contributed by atoms with Crippen molar-refractivity contribution in [1.29, 1.82) is 0 Å². The largest absolute Gasteiger partial charge is 0.458 e. The van der Waals surface area contributed by atoms with E-state index < -0.39 is 41.4 Å². The van der Waals surface area contributed by atoms with Crippen LogP contribution in [-0.2, 0) is 28.7 Å². The first-order valence-corrected chi connectivity index (χ1v) is 12.1. The summed E-state index contributed by atoms with van der Waals surface area (Å²) in [5.74, 6) is -0.961. The highest BCUT2D eigenvalue weighted by Crippen LogP contribution is 2.69. The minimum Gasteiger partial charge on any atom is -0.458 e. The molecule has 2 unspecified atom stereocenters. The Bertz CT molecular complexity index is 922. The smallest absolute Gasteiger partial charge is 0.303 e. The van der Waals surface area contributed by atoms with Crippen LogP contribution in [0, 0.1) is 34.5 Å². The molecule has 7 nitrogen and oxygen atoms in total. The van der Waals surface area contributed by atoms with Crippen LogP contribution in [0.15, 0.2) is 11.6 Å². The molecule has 0 bridgehead atoms. The van der Waals surface area contributed by atoms with Gasteiger partial charge in [-0.3, -0.25) is 19.2 Å². The lowest BCUT2D eigenvalue weighted by Crippen LogP contribution is -2.63. The molecule has 3 saturated carbocycles. The summed E-state index contributed by atoms with van der Waals surface area (Å²) in [7, 11) is 0. The predicted molar refractivity (Wildman–Crippen MR) is 119 cm³/mol. The van der Waals surface area contributed by atoms with Gasteiger partial charge in [0.15, 0.2) is 18.0 Å². The molecule has 33 heavy (non-hydrogen) atoms. The Morgan fingerprint density at radius 1 is 1.15 bits per heavy atom. The summed E-state index contributed by atoms with van der Waals surface area (Å²) < 4.78 is 10.8. The van der Waals surface area contributed by atoms with Gasteiger partial charge in [-0.25, -0.2) is 0 Å². The van der Waals surface area contributed by atoms with E-state index in [1.807, 2.05) is 13.0 Å². The first kappa shape index (κ1) is 24.1. The van der Waals surface area contributed by atoms with Crippen LogP contribution in [0.3, 0.4) is 0 Å². The quantitative estimate of drug-likeness (QED) is 0.642. The second kappa shape index (κ2) is 8.03. The Morgan fingerprint density at radius 2 is 1.85 bits per heavy atom. The molecule has 0 amide bonds. The van der Waals surface area contributed by atoms with E-state index in [2.05, 4.69) is 13.8 Å². The molecule has 0 aromatic heterocycles. The minimum absolute atomic E-state index is 0.0113. The standard InChI is InChI=1S/C26H36O7/c1-14-10-18-19-7-9-26(33-16(3)28,22(31)13-32-15(2)27)25(19,5)12-21(30)23(18)24(4)8-6-17(29)11-20(14)24/h11,14,18-19,21,23,30H,6-10,12-13H2,1-5H3/t14?,18-,19-,21?,23+,24-,25-,26-/m0/s1. The van der Waals surface area contributed by atoms with E-state index in [1.54, 1.807) is 0 Å². The van der Waals surface area contributed by atoms with Gasteiger partial charge >= 0.3 is 11.9 Å². The zero-order valence-electron chi connectivity index (χ0n) is 20.3. The van der Waals surface area contributed by atoms with Gasteiger partial charge in [0.05, 0.1) is 6.10 Å². The van der Waals surface area contributed by atoms with E-state index >= 15 is 0 Å². The van der Waals surface area contributed by atoms with Crippen molar-refractivity contribution < 1.29 is 33.8 Å². The van der Waals surface area contributed by atoms with E-state index in [1.165, 1.54) is 13.8 Å². The summed E-state index contributed by atoms with van der Waals surface area (Å²) in [6, 6.07) is 0. The number of allylic oxidation sites excluding steroid dienone is 1. The average Bonchev–Trinajstić information content (AvgIpc) is 2.99. The highest BCUT2D eigenvalue weighted by molar-refractivity contribution is 5.93. The van der Waals surface area contributed by atoms with Crippen LogP contribution in [0.1, 0.15) is 73.1 Å². The lowest BCUT2D eigenvalue weighted by Gasteiger charge is -2.62. The third-order valence-corrected chi connectivity index (χ3v) is 9.51. The fourth-order valence-corrected chi connectivity index (χ4v) is 8.32. The van der Waals surface area contributed by atoms with Crippen molar-refractivity contribution in [1.82, 2.24) is 0 Å². The highest BCUT2D eigenvalue weighted by Gasteiger charge is 2.70. The maximum absolute atomic E-state index is 13.4. The van der Waals surface area contributed by atoms with Crippen LogP contribution >= 0.6 is 0 Å². The molecule has 3 fully saturated rings. The molecule has 0 radical (unpaired) electrons. The zero-order chi connectivity index (χ0) is 24.3. The first-order chi connectivity index (χ1) is 15.4. The first-order valence-electron chi connectivity index (χ1n) is 12.1. The summed E-state index contributed by atoms with van der Waals surface area (Å²) in [6.45, 7) is 8.38. The number of fused-ring (bicyclic) bond motifs is 5. The topological polar surface area (TPSA) is 107 Å². The van der Waals surface area contributed by atoms with Crippen molar-refractivity contribution >= 4 is 23.5 Å². The van der Waals surface area contributed by atoms with Gasteiger partial charge in [-0.2, -0.15) is 0 Å². The number of ketones is 2. The fourth-order valence-electron chi connectivity index (χ4n) is 8.32. The van der Waals surface area contributed by atoms with Gasteiger partial charge < -0.3 is 14.6 Å². The fraction of sp³-hybridized carbons (Fsp3) is 0.769. The molecule has 0 aromatic rings. The lowest BCUT2D eigenvalue weighted by molar-refractivity contribution is -0.203. The highest BCUT2D eigenvalue weighted by atomic mass is 16.6. The number of carbonyl (C=O) groups excluding carboxylic acids is 4. The van der Waals surface area contributed by atoms with Crippen LogP contribution in [0.4, 0.5) is 0 Å². The molecule has 4 aliphatic rings. The Labute approximate surface area is 195 Å². The SMILES string of the molecule is CC(=O)OCC(=O)[C@@]1(OC(C)=O)CC[C@H]2[C@@H]3CC(C)C4=CC(=O)CC[C@]4(C)[C@H]3C(O)C[C@@]21C. The maximum Gasteiger partial charge on any atom is 0.303 e. The van der Waals surface area contributed by atoms with E-state index in [-0.39, 0.29) is 34.9 Å². The number of hydrogen-bond acceptors (Lipinski definition) is 7. The number of ether oxygens (including phenoxy) is 2. The zero-order valence-corrected chi connectivity index (χ0v) is 20.3. The molecule has 0 spiro atoms. The molecule has 4 aliphatic carbocycles. The number of carbonyl (C=O) groups is 4. The molecular weight excluding hydrogens is 424 g/mol. The third kappa shape index (κ3) is 3.49. The molecule has 0 heterocycles. The summed E-state index contributed by atoms with van der Waals surface area (Å²) in [6.07, 6.45) is 4.53. The molecule has 4 rings (SSSR count). The van der Waals surface area contributed by atoms with E-state index in [9.17, 15) is 24.3 Å². The van der Waals surface area contributed by atoms with Crippen LogP contribution in [0.5, 0.6) is 0 Å². The van der Waals surface area contributed by atoms with Crippen LogP contribution in [0.2, 0.25) is 0 Å². The van der Waals surface area contributed by atoms with E-state index in [4.69, 9.17) is 9.47 Å². The molecular formula is C26H36O7. The normalized spacial score (nSPS) is 44.1. The van der Waals surface area contributed by atoms with Crippen molar-refractivity contribution in [2.45, 2.75) is 84.8 Å². The Balaban J connectivity index is 1.75. The Hall–Kier alpha value is -2.02. The number of aliphatic hydroxyl groups is 1. The number of Topliss-reactive ketones (excluding diaryl/α,β-unsaturated/α-hetero) is 1. The molecule has 1 N–H and O–H groups in total. The number of esters is 2. The summed E-state index contributed by atoms with van der Waals surface area (Å²) in [5, 5.41) is 11.6. The minimum atomic E-state index is -1.42. The van der Waals surface area contributed by atoms with Gasteiger partial charge in [-0.05, 0) is 67.3 Å². The van der Waals surface area contributed by atoms with Crippen molar-refractivity contribution in [3.05, 3.63) is 11.6 Å². The van der Waals surface area contributed by atoms with Crippen LogP contribution in [-0.4, -0.2) is 46.9 Å². The second-order valence-corrected chi connectivity index (χ2v) is 11.3. The Kier molecular flexibility index (Phi) is 5.87. The molecule has 0 saturated heterocycles. The molecule has 182 valence electrons. The monoisotopic (exact) mass is 460 g/mol. The van der Waals surface area contributed by atoms with Gasteiger partial charge in [0, 0.05) is 25.7 Å². The van der Waals surface area contributed by atoms with Gasteiger partial charge in [0.25, 0.3) is 0 Å². The van der Waals surface area contributed by atoms with Gasteiger partial charge in [-0.1, -0.05) is 26.3 Å². The van der Waals surface area contributed by atoms with Gasteiger partial charge in [0.2, 0.25) is 5.78 Å².